The van der Waals surface area contributed by atoms with Crippen molar-refractivity contribution in [1.82, 2.24) is 5.32 Å². The van der Waals surface area contributed by atoms with Gasteiger partial charge in [0.2, 0.25) is 5.91 Å². The van der Waals surface area contributed by atoms with E-state index < -0.39 is 17.8 Å². The molecule has 1 atom stereocenters. The van der Waals surface area contributed by atoms with E-state index in [1.807, 2.05) is 38.1 Å². The van der Waals surface area contributed by atoms with Crippen LogP contribution in [0.25, 0.3) is 0 Å². The van der Waals surface area contributed by atoms with Crippen LogP contribution in [-0.2, 0) is 11.2 Å². The summed E-state index contributed by atoms with van der Waals surface area (Å²) >= 11 is 0. The van der Waals surface area contributed by atoms with E-state index in [0.29, 0.717) is 13.0 Å². The normalized spacial score (nSPS) is 14.2. The highest BCUT2D eigenvalue weighted by Gasteiger charge is 2.31. The van der Waals surface area contributed by atoms with Gasteiger partial charge in [-0.3, -0.25) is 9.59 Å². The minimum Gasteiger partial charge on any atom is -0.340 e. The zero-order valence-corrected chi connectivity index (χ0v) is 15.0. The Bertz CT molecular complexity index is 819. The number of anilines is 1. The topological polar surface area (TPSA) is 49.4 Å². The van der Waals surface area contributed by atoms with Gasteiger partial charge in [-0.2, -0.15) is 0 Å². The van der Waals surface area contributed by atoms with Crippen LogP contribution in [-0.4, -0.2) is 24.4 Å². The fourth-order valence-electron chi connectivity index (χ4n) is 3.33. The van der Waals surface area contributed by atoms with E-state index in [1.165, 1.54) is 18.2 Å². The van der Waals surface area contributed by atoms with Crippen LogP contribution in [0, 0.1) is 11.7 Å². The third-order valence-corrected chi connectivity index (χ3v) is 4.58. The number of amides is 2. The van der Waals surface area contributed by atoms with E-state index in [2.05, 4.69) is 5.32 Å². The molecule has 0 bridgehead atoms. The monoisotopic (exact) mass is 354 g/mol. The molecule has 1 aliphatic heterocycles. The number of hydrogen-bond acceptors (Lipinski definition) is 2. The summed E-state index contributed by atoms with van der Waals surface area (Å²) in [6.07, 6.45) is 1.30. The lowest BCUT2D eigenvalue weighted by Gasteiger charge is -2.26. The lowest BCUT2D eigenvalue weighted by Crippen LogP contribution is -2.49. The van der Waals surface area contributed by atoms with Gasteiger partial charge in [-0.05, 0) is 42.5 Å². The van der Waals surface area contributed by atoms with Crippen molar-refractivity contribution in [3.8, 4) is 0 Å². The number of halogens is 1. The molecule has 1 N–H and O–H groups in total. The summed E-state index contributed by atoms with van der Waals surface area (Å²) in [5.74, 6) is -1.09. The predicted octanol–water partition coefficient (Wildman–Crippen LogP) is 3.56. The minimum absolute atomic E-state index is 0.0455. The number of carbonyl (C=O) groups is 2. The Morgan fingerprint density at radius 2 is 1.81 bits per heavy atom. The van der Waals surface area contributed by atoms with Gasteiger partial charge in [0.1, 0.15) is 11.9 Å². The lowest BCUT2D eigenvalue weighted by molar-refractivity contribution is -0.120. The van der Waals surface area contributed by atoms with Crippen LogP contribution in [0.5, 0.6) is 0 Å². The highest BCUT2D eigenvalue weighted by atomic mass is 19.1. The predicted molar refractivity (Wildman–Crippen MR) is 99.6 cm³/mol. The first-order valence-corrected chi connectivity index (χ1v) is 8.92. The Morgan fingerprint density at radius 1 is 1.12 bits per heavy atom. The summed E-state index contributed by atoms with van der Waals surface area (Å²) in [5, 5.41) is 2.74. The Kier molecular flexibility index (Phi) is 5.35. The van der Waals surface area contributed by atoms with Crippen molar-refractivity contribution < 1.29 is 14.0 Å². The van der Waals surface area contributed by atoms with Gasteiger partial charge in [-0.25, -0.2) is 4.39 Å². The van der Waals surface area contributed by atoms with Crippen molar-refractivity contribution >= 4 is 17.5 Å². The van der Waals surface area contributed by atoms with Gasteiger partial charge in [0.25, 0.3) is 5.91 Å². The molecule has 0 aromatic heterocycles. The Morgan fingerprint density at radius 3 is 2.54 bits per heavy atom. The van der Waals surface area contributed by atoms with Crippen LogP contribution in [0.3, 0.4) is 0 Å². The lowest BCUT2D eigenvalue weighted by atomic mass is 10.0. The highest BCUT2D eigenvalue weighted by molar-refractivity contribution is 6.03. The molecule has 5 heteroatoms. The van der Waals surface area contributed by atoms with Crippen LogP contribution in [0.15, 0.2) is 48.5 Å². The maximum atomic E-state index is 13.9. The van der Waals surface area contributed by atoms with E-state index >= 15 is 0 Å². The maximum Gasteiger partial charge on any atom is 0.254 e. The number of para-hydroxylation sites is 1. The van der Waals surface area contributed by atoms with Gasteiger partial charge in [0.05, 0.1) is 5.56 Å². The molecule has 136 valence electrons. The van der Waals surface area contributed by atoms with Crippen molar-refractivity contribution in [3.05, 3.63) is 65.5 Å². The molecule has 4 nitrogen and oxygen atoms in total. The third kappa shape index (κ3) is 3.77. The third-order valence-electron chi connectivity index (χ3n) is 4.58. The van der Waals surface area contributed by atoms with Crippen LogP contribution in [0.1, 0.15) is 36.2 Å². The molecule has 0 saturated carbocycles. The summed E-state index contributed by atoms with van der Waals surface area (Å²) in [6, 6.07) is 12.9. The van der Waals surface area contributed by atoms with E-state index in [4.69, 9.17) is 0 Å². The first-order chi connectivity index (χ1) is 12.5. The molecule has 0 unspecified atom stereocenters. The van der Waals surface area contributed by atoms with Crippen LogP contribution >= 0.6 is 0 Å². The number of nitrogens with one attached hydrogen (secondary N) is 1. The molecule has 0 saturated heterocycles. The maximum absolute atomic E-state index is 13.9. The SMILES string of the molecule is CC(C)C[C@@H](NC(=O)c1ccccc1F)C(=O)N1CCc2ccccc21. The van der Waals surface area contributed by atoms with Crippen molar-refractivity contribution in [1.29, 1.82) is 0 Å². The van der Waals surface area contributed by atoms with Gasteiger partial charge >= 0.3 is 0 Å². The van der Waals surface area contributed by atoms with Crippen LogP contribution in [0.4, 0.5) is 10.1 Å². The quantitative estimate of drug-likeness (QED) is 0.892. The summed E-state index contributed by atoms with van der Waals surface area (Å²) in [4.78, 5) is 27.3. The molecule has 0 radical (unpaired) electrons. The molecule has 1 aliphatic rings. The second-order valence-electron chi connectivity index (χ2n) is 7.00. The molecule has 2 amide bonds. The molecule has 0 aliphatic carbocycles. The average molecular weight is 354 g/mol. The standard InChI is InChI=1S/C21H23FN2O2/c1-14(2)13-18(23-20(25)16-8-4-5-9-17(16)22)21(26)24-12-11-15-7-3-6-10-19(15)24/h3-10,14,18H,11-13H2,1-2H3,(H,23,25)/t18-/m1/s1. The molecule has 2 aromatic rings. The molecule has 3 rings (SSSR count). The Hall–Kier alpha value is -2.69. The zero-order valence-electron chi connectivity index (χ0n) is 15.0. The smallest absolute Gasteiger partial charge is 0.254 e. The second-order valence-corrected chi connectivity index (χ2v) is 7.00. The summed E-state index contributed by atoms with van der Waals surface area (Å²) in [6.45, 7) is 4.59. The van der Waals surface area contributed by atoms with Gasteiger partial charge in [-0.15, -0.1) is 0 Å². The average Bonchev–Trinajstić information content (AvgIpc) is 3.04. The van der Waals surface area contributed by atoms with E-state index in [9.17, 15) is 14.0 Å². The van der Waals surface area contributed by atoms with Crippen molar-refractivity contribution in [3.63, 3.8) is 0 Å². The highest BCUT2D eigenvalue weighted by Crippen LogP contribution is 2.28. The number of nitrogens with zero attached hydrogens (tertiary/aromatic N) is 1. The zero-order chi connectivity index (χ0) is 18.7. The largest absolute Gasteiger partial charge is 0.340 e. The number of carbonyl (C=O) groups excluding carboxylic acids is 2. The molecule has 0 fully saturated rings. The summed E-state index contributed by atoms with van der Waals surface area (Å²) < 4.78 is 13.9. The van der Waals surface area contributed by atoms with E-state index in [1.54, 1.807) is 11.0 Å². The van der Waals surface area contributed by atoms with Crippen LogP contribution in [0.2, 0.25) is 0 Å². The van der Waals surface area contributed by atoms with E-state index in [0.717, 1.165) is 17.7 Å². The van der Waals surface area contributed by atoms with Crippen molar-refractivity contribution in [2.45, 2.75) is 32.7 Å². The number of rotatable bonds is 5. The van der Waals surface area contributed by atoms with Crippen LogP contribution < -0.4 is 10.2 Å². The molecule has 26 heavy (non-hydrogen) atoms. The number of hydrogen-bond donors (Lipinski definition) is 1. The first kappa shape index (κ1) is 18.1. The Balaban J connectivity index is 1.81. The van der Waals surface area contributed by atoms with Gasteiger partial charge in [0.15, 0.2) is 0 Å². The van der Waals surface area contributed by atoms with Crippen molar-refractivity contribution in [2.24, 2.45) is 5.92 Å². The summed E-state index contributed by atoms with van der Waals surface area (Å²) in [5.41, 5.74) is 1.98. The summed E-state index contributed by atoms with van der Waals surface area (Å²) in [7, 11) is 0. The van der Waals surface area contributed by atoms with Crippen molar-refractivity contribution in [2.75, 3.05) is 11.4 Å². The molecule has 2 aromatic carbocycles. The number of benzene rings is 2. The Labute approximate surface area is 153 Å². The van der Waals surface area contributed by atoms with Gasteiger partial charge in [-0.1, -0.05) is 44.2 Å². The first-order valence-electron chi connectivity index (χ1n) is 8.92. The fourth-order valence-corrected chi connectivity index (χ4v) is 3.33. The number of fused-ring (bicyclic) bond motifs is 1. The molecular formula is C21H23FN2O2. The fraction of sp³-hybridized carbons (Fsp3) is 0.333. The van der Waals surface area contributed by atoms with Gasteiger partial charge in [0, 0.05) is 12.2 Å². The molecular weight excluding hydrogens is 331 g/mol. The minimum atomic E-state index is -0.687. The second kappa shape index (κ2) is 7.68. The van der Waals surface area contributed by atoms with E-state index in [-0.39, 0.29) is 17.4 Å². The molecule has 1 heterocycles. The molecule has 0 spiro atoms. The van der Waals surface area contributed by atoms with Gasteiger partial charge < -0.3 is 10.2 Å².